The Morgan fingerprint density at radius 2 is 1.70 bits per heavy atom. The minimum absolute atomic E-state index is 0.349. The summed E-state index contributed by atoms with van der Waals surface area (Å²) in [6, 6.07) is 0. The molecular formula is C15H29NO4. The van der Waals surface area contributed by atoms with Crippen molar-refractivity contribution in [3.63, 3.8) is 0 Å². The Bertz CT molecular complexity index is 309. The van der Waals surface area contributed by atoms with E-state index in [1.807, 2.05) is 0 Å². The van der Waals surface area contributed by atoms with Crippen LogP contribution in [-0.4, -0.2) is 30.3 Å². The normalized spacial score (nSPS) is 14.4. The van der Waals surface area contributed by atoms with Gasteiger partial charge in [0, 0.05) is 6.54 Å². The third-order valence-electron chi connectivity index (χ3n) is 3.03. The van der Waals surface area contributed by atoms with Gasteiger partial charge in [0.15, 0.2) is 6.61 Å². The molecule has 20 heavy (non-hydrogen) atoms. The first-order valence-corrected chi connectivity index (χ1v) is 7.22. The quantitative estimate of drug-likeness (QED) is 0.718. The van der Waals surface area contributed by atoms with E-state index in [1.54, 1.807) is 0 Å². The van der Waals surface area contributed by atoms with Gasteiger partial charge in [0.1, 0.15) is 0 Å². The van der Waals surface area contributed by atoms with Gasteiger partial charge in [0.25, 0.3) is 0 Å². The van der Waals surface area contributed by atoms with Gasteiger partial charge in [-0.15, -0.1) is 0 Å². The van der Waals surface area contributed by atoms with Gasteiger partial charge in [-0.2, -0.15) is 0 Å². The molecule has 5 nitrogen and oxygen atoms in total. The van der Waals surface area contributed by atoms with E-state index in [2.05, 4.69) is 44.7 Å². The molecule has 0 fully saturated rings. The number of rotatable bonds is 8. The second-order valence-electron chi connectivity index (χ2n) is 6.90. The Hall–Kier alpha value is -1.26. The van der Waals surface area contributed by atoms with E-state index in [0.29, 0.717) is 23.8 Å². The summed E-state index contributed by atoms with van der Waals surface area (Å²) in [6.45, 7) is 11.0. The molecule has 0 radical (unpaired) electrons. The molecule has 0 aliphatic heterocycles. The molecule has 0 aromatic carbocycles. The molecule has 2 N–H and O–H groups in total. The summed E-state index contributed by atoms with van der Waals surface area (Å²) in [4.78, 5) is 21.4. The first kappa shape index (κ1) is 18.7. The fourth-order valence-corrected chi connectivity index (χ4v) is 2.25. The summed E-state index contributed by atoms with van der Waals surface area (Å²) in [5, 5.41) is 11.0. The van der Waals surface area contributed by atoms with Crippen LogP contribution in [0.1, 0.15) is 53.9 Å². The molecule has 0 saturated carbocycles. The molecule has 0 aromatic rings. The maximum absolute atomic E-state index is 11.2. The average Bonchev–Trinajstić information content (AvgIpc) is 2.29. The van der Waals surface area contributed by atoms with Crippen molar-refractivity contribution in [2.45, 2.75) is 53.9 Å². The van der Waals surface area contributed by atoms with Crippen LogP contribution in [0.25, 0.3) is 0 Å². The molecule has 0 aliphatic carbocycles. The second-order valence-corrected chi connectivity index (χ2v) is 6.90. The SMILES string of the molecule is CC(CCC(C)CC(C)(C)C)CNC(=O)OCC(=O)O. The Balaban J connectivity index is 3.75. The number of amides is 1. The van der Waals surface area contributed by atoms with E-state index in [-0.39, 0.29) is 0 Å². The molecule has 0 aromatic heterocycles. The Kier molecular flexibility index (Phi) is 8.26. The van der Waals surface area contributed by atoms with Gasteiger partial charge in [-0.05, 0) is 30.1 Å². The monoisotopic (exact) mass is 287 g/mol. The van der Waals surface area contributed by atoms with Crippen molar-refractivity contribution in [1.29, 1.82) is 0 Å². The van der Waals surface area contributed by atoms with Gasteiger partial charge in [-0.1, -0.05) is 41.0 Å². The zero-order chi connectivity index (χ0) is 15.8. The summed E-state index contributed by atoms with van der Waals surface area (Å²) >= 11 is 0. The molecular weight excluding hydrogens is 258 g/mol. The van der Waals surface area contributed by atoms with Crippen LogP contribution in [0.2, 0.25) is 0 Å². The minimum Gasteiger partial charge on any atom is -0.479 e. The summed E-state index contributed by atoms with van der Waals surface area (Å²) in [5.74, 6) is -0.129. The number of carbonyl (C=O) groups is 2. The zero-order valence-corrected chi connectivity index (χ0v) is 13.4. The molecule has 5 heteroatoms. The molecule has 0 aliphatic rings. The molecule has 1 amide bonds. The van der Waals surface area contributed by atoms with Crippen molar-refractivity contribution in [2.24, 2.45) is 17.3 Å². The van der Waals surface area contributed by atoms with E-state index >= 15 is 0 Å². The first-order valence-electron chi connectivity index (χ1n) is 7.22. The van der Waals surface area contributed by atoms with Crippen LogP contribution >= 0.6 is 0 Å². The third-order valence-corrected chi connectivity index (χ3v) is 3.03. The lowest BCUT2D eigenvalue weighted by Crippen LogP contribution is -2.30. The highest BCUT2D eigenvalue weighted by Crippen LogP contribution is 2.27. The maximum Gasteiger partial charge on any atom is 0.407 e. The molecule has 0 rings (SSSR count). The molecule has 0 saturated heterocycles. The predicted molar refractivity (Wildman–Crippen MR) is 78.6 cm³/mol. The number of carboxylic acids is 1. The number of hydrogen-bond acceptors (Lipinski definition) is 3. The van der Waals surface area contributed by atoms with E-state index in [0.717, 1.165) is 12.8 Å². The molecule has 0 bridgehead atoms. The standard InChI is InChI=1S/C15H29NO4/c1-11(8-15(3,4)5)6-7-12(2)9-16-14(19)20-10-13(17)18/h11-12H,6-10H2,1-5H3,(H,16,19)(H,17,18). The number of carbonyl (C=O) groups excluding carboxylic acids is 1. The highest BCUT2D eigenvalue weighted by atomic mass is 16.6. The second kappa shape index (κ2) is 8.82. The highest BCUT2D eigenvalue weighted by Gasteiger charge is 2.16. The van der Waals surface area contributed by atoms with Crippen LogP contribution in [0.3, 0.4) is 0 Å². The predicted octanol–water partition coefficient (Wildman–Crippen LogP) is 3.29. The first-order chi connectivity index (χ1) is 9.10. The number of ether oxygens (including phenoxy) is 1. The Morgan fingerprint density at radius 3 is 2.20 bits per heavy atom. The summed E-state index contributed by atoms with van der Waals surface area (Å²) in [5.41, 5.74) is 0.349. The summed E-state index contributed by atoms with van der Waals surface area (Å²) in [7, 11) is 0. The molecule has 0 heterocycles. The highest BCUT2D eigenvalue weighted by molar-refractivity contribution is 5.74. The van der Waals surface area contributed by atoms with Crippen molar-refractivity contribution in [3.05, 3.63) is 0 Å². The van der Waals surface area contributed by atoms with E-state index in [9.17, 15) is 9.59 Å². The summed E-state index contributed by atoms with van der Waals surface area (Å²) in [6.07, 6.45) is 2.69. The van der Waals surface area contributed by atoms with Gasteiger partial charge < -0.3 is 15.2 Å². The third kappa shape index (κ3) is 11.8. The fraction of sp³-hybridized carbons (Fsp3) is 0.867. The summed E-state index contributed by atoms with van der Waals surface area (Å²) < 4.78 is 4.50. The van der Waals surface area contributed by atoms with Crippen molar-refractivity contribution in [2.75, 3.05) is 13.2 Å². The van der Waals surface area contributed by atoms with Gasteiger partial charge in [-0.25, -0.2) is 9.59 Å². The van der Waals surface area contributed by atoms with Gasteiger partial charge in [-0.3, -0.25) is 0 Å². The van der Waals surface area contributed by atoms with Crippen molar-refractivity contribution >= 4 is 12.1 Å². The topological polar surface area (TPSA) is 75.6 Å². The van der Waals surface area contributed by atoms with E-state index in [1.165, 1.54) is 6.42 Å². The van der Waals surface area contributed by atoms with Crippen LogP contribution in [-0.2, 0) is 9.53 Å². The van der Waals surface area contributed by atoms with Crippen molar-refractivity contribution in [3.8, 4) is 0 Å². The maximum atomic E-state index is 11.2. The minimum atomic E-state index is -1.15. The van der Waals surface area contributed by atoms with Crippen LogP contribution in [0.4, 0.5) is 4.79 Å². The van der Waals surface area contributed by atoms with Crippen molar-refractivity contribution < 1.29 is 19.4 Å². The van der Waals surface area contributed by atoms with Crippen LogP contribution in [0.15, 0.2) is 0 Å². The fourth-order valence-electron chi connectivity index (χ4n) is 2.25. The number of carboxylic acid groups (broad SMARTS) is 1. The number of alkyl carbamates (subject to hydrolysis) is 1. The lowest BCUT2D eigenvalue weighted by Gasteiger charge is -2.24. The van der Waals surface area contributed by atoms with Gasteiger partial charge in [0.2, 0.25) is 0 Å². The molecule has 0 spiro atoms. The lowest BCUT2D eigenvalue weighted by atomic mass is 9.83. The molecule has 2 atom stereocenters. The number of hydrogen-bond donors (Lipinski definition) is 2. The molecule has 118 valence electrons. The van der Waals surface area contributed by atoms with E-state index < -0.39 is 18.7 Å². The molecule has 2 unspecified atom stereocenters. The van der Waals surface area contributed by atoms with Gasteiger partial charge in [0.05, 0.1) is 0 Å². The smallest absolute Gasteiger partial charge is 0.407 e. The number of aliphatic carboxylic acids is 1. The Labute approximate surface area is 122 Å². The van der Waals surface area contributed by atoms with Crippen LogP contribution in [0, 0.1) is 17.3 Å². The number of nitrogens with one attached hydrogen (secondary N) is 1. The van der Waals surface area contributed by atoms with E-state index in [4.69, 9.17) is 5.11 Å². The van der Waals surface area contributed by atoms with Crippen LogP contribution < -0.4 is 5.32 Å². The lowest BCUT2D eigenvalue weighted by molar-refractivity contribution is -0.140. The Morgan fingerprint density at radius 1 is 1.15 bits per heavy atom. The van der Waals surface area contributed by atoms with Crippen molar-refractivity contribution in [1.82, 2.24) is 5.32 Å². The largest absolute Gasteiger partial charge is 0.479 e. The van der Waals surface area contributed by atoms with Crippen LogP contribution in [0.5, 0.6) is 0 Å². The average molecular weight is 287 g/mol. The van der Waals surface area contributed by atoms with Gasteiger partial charge >= 0.3 is 12.1 Å². The zero-order valence-electron chi connectivity index (χ0n) is 13.4.